The molecule has 1 aromatic carbocycles. The van der Waals surface area contributed by atoms with Gasteiger partial charge in [0, 0.05) is 6.54 Å². The first kappa shape index (κ1) is 15.3. The molecule has 0 unspecified atom stereocenters. The van der Waals surface area contributed by atoms with E-state index in [1.165, 1.54) is 25.0 Å². The van der Waals surface area contributed by atoms with E-state index >= 15 is 0 Å². The summed E-state index contributed by atoms with van der Waals surface area (Å²) in [5, 5.41) is 3.36. The van der Waals surface area contributed by atoms with Gasteiger partial charge in [0.05, 0.1) is 6.04 Å². The maximum absolute atomic E-state index is 13.0. The molecule has 2 aliphatic rings. The van der Waals surface area contributed by atoms with Crippen LogP contribution in [0.1, 0.15) is 24.8 Å². The zero-order chi connectivity index (χ0) is 15.4. The Kier molecular flexibility index (Phi) is 4.93. The highest BCUT2D eigenvalue weighted by Gasteiger charge is 2.33. The lowest BCUT2D eigenvalue weighted by Crippen LogP contribution is -2.37. The third kappa shape index (κ3) is 3.77. The predicted molar refractivity (Wildman–Crippen MR) is 82.2 cm³/mol. The molecule has 0 aliphatic carbocycles. The lowest BCUT2D eigenvalue weighted by Gasteiger charge is -2.26. The van der Waals surface area contributed by atoms with Gasteiger partial charge in [-0.2, -0.15) is 0 Å². The van der Waals surface area contributed by atoms with E-state index < -0.39 is 0 Å². The standard InChI is InChI=1S/C17H23FN2O2/c18-15-3-1-14(2-4-15)11-16-12-22-17(21)20(16)10-7-13-5-8-19-9-6-13/h1-4,13,16,19H,5-12H2/t16-/m0/s1. The van der Waals surface area contributed by atoms with Gasteiger partial charge in [-0.15, -0.1) is 0 Å². The van der Waals surface area contributed by atoms with E-state index in [-0.39, 0.29) is 18.0 Å². The van der Waals surface area contributed by atoms with Gasteiger partial charge >= 0.3 is 6.09 Å². The van der Waals surface area contributed by atoms with Crippen molar-refractivity contribution in [1.82, 2.24) is 10.2 Å². The maximum atomic E-state index is 13.0. The topological polar surface area (TPSA) is 41.6 Å². The van der Waals surface area contributed by atoms with Crippen LogP contribution >= 0.6 is 0 Å². The molecule has 2 aliphatic heterocycles. The van der Waals surface area contributed by atoms with Crippen molar-refractivity contribution in [2.24, 2.45) is 5.92 Å². The van der Waals surface area contributed by atoms with Gasteiger partial charge in [0.1, 0.15) is 12.4 Å². The lowest BCUT2D eigenvalue weighted by atomic mass is 9.94. The normalized spacial score (nSPS) is 22.9. The zero-order valence-electron chi connectivity index (χ0n) is 12.8. The van der Waals surface area contributed by atoms with E-state index in [4.69, 9.17) is 4.74 Å². The first-order chi connectivity index (χ1) is 10.7. The fourth-order valence-electron chi connectivity index (χ4n) is 3.32. The van der Waals surface area contributed by atoms with E-state index in [9.17, 15) is 9.18 Å². The molecule has 0 spiro atoms. The number of rotatable bonds is 5. The third-order valence-electron chi connectivity index (χ3n) is 4.70. The number of halogens is 1. The van der Waals surface area contributed by atoms with Crippen LogP contribution < -0.4 is 5.32 Å². The highest BCUT2D eigenvalue weighted by atomic mass is 19.1. The summed E-state index contributed by atoms with van der Waals surface area (Å²) in [5.41, 5.74) is 1.04. The molecule has 2 fully saturated rings. The molecule has 5 heteroatoms. The molecule has 0 bridgehead atoms. The van der Waals surface area contributed by atoms with E-state index in [1.54, 1.807) is 12.1 Å². The van der Waals surface area contributed by atoms with Crippen LogP contribution in [0.25, 0.3) is 0 Å². The Morgan fingerprint density at radius 2 is 1.95 bits per heavy atom. The summed E-state index contributed by atoms with van der Waals surface area (Å²) in [6.45, 7) is 3.35. The molecule has 3 rings (SSSR count). The Morgan fingerprint density at radius 1 is 1.23 bits per heavy atom. The van der Waals surface area contributed by atoms with Crippen LogP contribution in [0.3, 0.4) is 0 Å². The summed E-state index contributed by atoms with van der Waals surface area (Å²) in [5.74, 6) is 0.464. The van der Waals surface area contributed by atoms with Crippen LogP contribution in [0.15, 0.2) is 24.3 Å². The van der Waals surface area contributed by atoms with Crippen molar-refractivity contribution in [3.05, 3.63) is 35.6 Å². The molecule has 1 N–H and O–H groups in total. The molecule has 1 amide bonds. The molecule has 2 saturated heterocycles. The second-order valence-corrected chi connectivity index (χ2v) is 6.24. The van der Waals surface area contributed by atoms with E-state index in [1.807, 2.05) is 4.90 Å². The van der Waals surface area contributed by atoms with Crippen molar-refractivity contribution in [3.8, 4) is 0 Å². The largest absolute Gasteiger partial charge is 0.447 e. The van der Waals surface area contributed by atoms with Gasteiger partial charge in [-0.3, -0.25) is 0 Å². The van der Waals surface area contributed by atoms with Crippen molar-refractivity contribution in [2.75, 3.05) is 26.2 Å². The Morgan fingerprint density at radius 3 is 2.68 bits per heavy atom. The number of carbonyl (C=O) groups is 1. The molecule has 1 aromatic rings. The van der Waals surface area contributed by atoms with Gasteiger partial charge in [0.25, 0.3) is 0 Å². The molecule has 4 nitrogen and oxygen atoms in total. The van der Waals surface area contributed by atoms with Crippen LogP contribution in [0.5, 0.6) is 0 Å². The summed E-state index contributed by atoms with van der Waals surface area (Å²) in [4.78, 5) is 13.8. The van der Waals surface area contributed by atoms with E-state index in [2.05, 4.69) is 5.32 Å². The fraction of sp³-hybridized carbons (Fsp3) is 0.588. The number of ether oxygens (including phenoxy) is 1. The molecule has 0 saturated carbocycles. The van der Waals surface area contributed by atoms with Crippen molar-refractivity contribution in [2.45, 2.75) is 31.7 Å². The fourth-order valence-corrected chi connectivity index (χ4v) is 3.32. The molecule has 0 aromatic heterocycles. The van der Waals surface area contributed by atoms with Crippen molar-refractivity contribution < 1.29 is 13.9 Å². The molecule has 22 heavy (non-hydrogen) atoms. The number of cyclic esters (lactones) is 1. The summed E-state index contributed by atoms with van der Waals surface area (Å²) in [7, 11) is 0. The average molecular weight is 306 g/mol. The first-order valence-corrected chi connectivity index (χ1v) is 8.11. The van der Waals surface area contributed by atoms with Crippen LogP contribution in [-0.2, 0) is 11.2 Å². The lowest BCUT2D eigenvalue weighted by molar-refractivity contribution is 0.154. The molecule has 2 heterocycles. The number of hydrogen-bond acceptors (Lipinski definition) is 3. The monoisotopic (exact) mass is 306 g/mol. The third-order valence-corrected chi connectivity index (χ3v) is 4.70. The minimum atomic E-state index is -0.231. The number of piperidine rings is 1. The first-order valence-electron chi connectivity index (χ1n) is 8.11. The second kappa shape index (κ2) is 7.09. The maximum Gasteiger partial charge on any atom is 0.410 e. The number of nitrogens with zero attached hydrogens (tertiary/aromatic N) is 1. The van der Waals surface area contributed by atoms with Crippen LogP contribution in [0.2, 0.25) is 0 Å². The Hall–Kier alpha value is -1.62. The molecular weight excluding hydrogens is 283 g/mol. The van der Waals surface area contributed by atoms with Gasteiger partial charge in [-0.05, 0) is 62.4 Å². The Labute approximate surface area is 130 Å². The second-order valence-electron chi connectivity index (χ2n) is 6.24. The minimum absolute atomic E-state index is 0.0691. The highest BCUT2D eigenvalue weighted by Crippen LogP contribution is 2.22. The van der Waals surface area contributed by atoms with Gasteiger partial charge < -0.3 is 15.0 Å². The van der Waals surface area contributed by atoms with Crippen LogP contribution in [0, 0.1) is 11.7 Å². The van der Waals surface area contributed by atoms with Gasteiger partial charge in [-0.25, -0.2) is 9.18 Å². The minimum Gasteiger partial charge on any atom is -0.447 e. The molecule has 1 atom stereocenters. The summed E-state index contributed by atoms with van der Waals surface area (Å²) < 4.78 is 18.2. The van der Waals surface area contributed by atoms with Gasteiger partial charge in [-0.1, -0.05) is 12.1 Å². The van der Waals surface area contributed by atoms with Gasteiger partial charge in [0.15, 0.2) is 0 Å². The SMILES string of the molecule is O=C1OC[C@H](Cc2ccc(F)cc2)N1CCC1CCNCC1. The number of hydrogen-bond donors (Lipinski definition) is 1. The smallest absolute Gasteiger partial charge is 0.410 e. The number of carbonyl (C=O) groups excluding carboxylic acids is 1. The average Bonchev–Trinajstić information content (AvgIpc) is 2.89. The van der Waals surface area contributed by atoms with E-state index in [0.29, 0.717) is 12.5 Å². The zero-order valence-corrected chi connectivity index (χ0v) is 12.8. The predicted octanol–water partition coefficient (Wildman–Crippen LogP) is 2.58. The van der Waals surface area contributed by atoms with Crippen molar-refractivity contribution >= 4 is 6.09 Å². The highest BCUT2D eigenvalue weighted by molar-refractivity contribution is 5.70. The molecule has 0 radical (unpaired) electrons. The Balaban J connectivity index is 1.55. The summed E-state index contributed by atoms with van der Waals surface area (Å²) >= 11 is 0. The number of nitrogens with one attached hydrogen (secondary N) is 1. The number of amides is 1. The van der Waals surface area contributed by atoms with Crippen LogP contribution in [0.4, 0.5) is 9.18 Å². The van der Waals surface area contributed by atoms with Crippen LogP contribution in [-0.4, -0.2) is 43.3 Å². The number of benzene rings is 1. The Bertz CT molecular complexity index is 500. The van der Waals surface area contributed by atoms with Gasteiger partial charge in [0.2, 0.25) is 0 Å². The van der Waals surface area contributed by atoms with E-state index in [0.717, 1.165) is 38.0 Å². The quantitative estimate of drug-likeness (QED) is 0.909. The van der Waals surface area contributed by atoms with Crippen molar-refractivity contribution in [1.29, 1.82) is 0 Å². The molecular formula is C17H23FN2O2. The van der Waals surface area contributed by atoms with Crippen molar-refractivity contribution in [3.63, 3.8) is 0 Å². The summed E-state index contributed by atoms with van der Waals surface area (Å²) in [6.07, 6.45) is 3.92. The summed E-state index contributed by atoms with van der Waals surface area (Å²) in [6, 6.07) is 6.56. The molecule has 120 valence electrons.